The summed E-state index contributed by atoms with van der Waals surface area (Å²) in [4.78, 5) is 0. The Labute approximate surface area is 109 Å². The summed E-state index contributed by atoms with van der Waals surface area (Å²) in [5.41, 5.74) is 7.96. The van der Waals surface area contributed by atoms with Gasteiger partial charge < -0.3 is 10.5 Å². The van der Waals surface area contributed by atoms with Gasteiger partial charge in [0, 0.05) is 18.2 Å². The average Bonchev–Trinajstić information content (AvgIpc) is 2.39. The first-order valence-electron chi connectivity index (χ1n) is 5.68. The summed E-state index contributed by atoms with van der Waals surface area (Å²) in [5, 5.41) is 7.81. The number of aromatic nitrogens is 2. The molecule has 4 nitrogen and oxygen atoms in total. The summed E-state index contributed by atoms with van der Waals surface area (Å²) < 4.78 is 31.3. The van der Waals surface area contributed by atoms with Crippen LogP contribution in [0, 0.1) is 25.5 Å². The molecule has 0 saturated heterocycles. The van der Waals surface area contributed by atoms with Gasteiger partial charge in [-0.3, -0.25) is 0 Å². The molecule has 2 rings (SSSR count). The smallest absolute Gasteiger partial charge is 0.243 e. The molecule has 2 N–H and O–H groups in total. The van der Waals surface area contributed by atoms with Crippen LogP contribution in [0.3, 0.4) is 0 Å². The Bertz CT molecular complexity index is 617. The lowest BCUT2D eigenvalue weighted by atomic mass is 10.1. The van der Waals surface area contributed by atoms with Crippen LogP contribution < -0.4 is 10.5 Å². The highest BCUT2D eigenvalue weighted by Gasteiger charge is 2.12. The molecule has 0 atom stereocenters. The molecule has 0 spiro atoms. The third-order valence-corrected chi connectivity index (χ3v) is 2.85. The van der Waals surface area contributed by atoms with Gasteiger partial charge in [-0.1, -0.05) is 0 Å². The molecule has 1 aromatic heterocycles. The molecule has 0 radical (unpaired) electrons. The fourth-order valence-electron chi connectivity index (χ4n) is 1.61. The molecular weight excluding hydrogens is 252 g/mol. The van der Waals surface area contributed by atoms with Crippen LogP contribution in [-0.2, 0) is 6.54 Å². The van der Waals surface area contributed by atoms with Gasteiger partial charge in [-0.2, -0.15) is 5.10 Å². The summed E-state index contributed by atoms with van der Waals surface area (Å²) in [5.74, 6) is -1.57. The van der Waals surface area contributed by atoms with Gasteiger partial charge in [0.25, 0.3) is 0 Å². The summed E-state index contributed by atoms with van der Waals surface area (Å²) in [6.45, 7) is 3.88. The first kappa shape index (κ1) is 13.4. The lowest BCUT2D eigenvalue weighted by Gasteiger charge is -2.11. The maximum absolute atomic E-state index is 13.1. The second kappa shape index (κ2) is 5.27. The molecular formula is C13H13F2N3O. The highest BCUT2D eigenvalue weighted by Crippen LogP contribution is 2.26. The van der Waals surface area contributed by atoms with E-state index in [1.54, 1.807) is 0 Å². The van der Waals surface area contributed by atoms with Crippen molar-refractivity contribution in [3.8, 4) is 11.6 Å². The van der Waals surface area contributed by atoms with Crippen molar-refractivity contribution in [2.75, 3.05) is 0 Å². The molecule has 6 heteroatoms. The number of halogens is 2. The molecule has 0 unspecified atom stereocenters. The summed E-state index contributed by atoms with van der Waals surface area (Å²) >= 11 is 0. The van der Waals surface area contributed by atoms with Crippen molar-refractivity contribution in [3.05, 3.63) is 46.7 Å². The van der Waals surface area contributed by atoms with Gasteiger partial charge in [-0.15, -0.1) is 5.10 Å². The lowest BCUT2D eigenvalue weighted by molar-refractivity contribution is 0.435. The Kier molecular flexibility index (Phi) is 3.71. The maximum atomic E-state index is 13.1. The third-order valence-electron chi connectivity index (χ3n) is 2.85. The standard InChI is InChI=1S/C13H13F2N3O/c1-7-8(2)17-18-13(10(7)6-16)19-9-3-4-11(14)12(15)5-9/h3-5H,6,16H2,1-2H3. The van der Waals surface area contributed by atoms with Crippen LogP contribution in [0.4, 0.5) is 8.78 Å². The zero-order chi connectivity index (χ0) is 14.0. The topological polar surface area (TPSA) is 61.0 Å². The molecule has 19 heavy (non-hydrogen) atoms. The largest absolute Gasteiger partial charge is 0.437 e. The van der Waals surface area contributed by atoms with E-state index in [-0.39, 0.29) is 18.2 Å². The van der Waals surface area contributed by atoms with Crippen molar-refractivity contribution < 1.29 is 13.5 Å². The van der Waals surface area contributed by atoms with Gasteiger partial charge in [0.05, 0.1) is 5.69 Å². The van der Waals surface area contributed by atoms with E-state index in [0.717, 1.165) is 23.4 Å². The normalized spacial score (nSPS) is 10.6. The molecule has 0 fully saturated rings. The van der Waals surface area contributed by atoms with E-state index in [4.69, 9.17) is 10.5 Å². The monoisotopic (exact) mass is 265 g/mol. The predicted molar refractivity (Wildman–Crippen MR) is 65.8 cm³/mol. The van der Waals surface area contributed by atoms with E-state index in [9.17, 15) is 8.78 Å². The maximum Gasteiger partial charge on any atom is 0.243 e. The molecule has 0 amide bonds. The van der Waals surface area contributed by atoms with Crippen molar-refractivity contribution in [3.63, 3.8) is 0 Å². The van der Waals surface area contributed by atoms with Gasteiger partial charge in [-0.25, -0.2) is 8.78 Å². The van der Waals surface area contributed by atoms with Gasteiger partial charge in [0.1, 0.15) is 5.75 Å². The average molecular weight is 265 g/mol. The number of aryl methyl sites for hydroxylation is 1. The fraction of sp³-hybridized carbons (Fsp3) is 0.231. The van der Waals surface area contributed by atoms with Crippen LogP contribution in [0.25, 0.3) is 0 Å². The molecule has 1 heterocycles. The lowest BCUT2D eigenvalue weighted by Crippen LogP contribution is -2.07. The van der Waals surface area contributed by atoms with Crippen molar-refractivity contribution in [2.45, 2.75) is 20.4 Å². The van der Waals surface area contributed by atoms with Gasteiger partial charge in [0.2, 0.25) is 5.88 Å². The molecule has 0 bridgehead atoms. The summed E-state index contributed by atoms with van der Waals surface area (Å²) in [7, 11) is 0. The van der Waals surface area contributed by atoms with Crippen molar-refractivity contribution >= 4 is 0 Å². The Morgan fingerprint density at radius 2 is 1.89 bits per heavy atom. The Morgan fingerprint density at radius 3 is 2.53 bits per heavy atom. The highest BCUT2D eigenvalue weighted by atomic mass is 19.2. The predicted octanol–water partition coefficient (Wildman–Crippen LogP) is 2.62. The van der Waals surface area contributed by atoms with E-state index in [2.05, 4.69) is 10.2 Å². The summed E-state index contributed by atoms with van der Waals surface area (Å²) in [6.07, 6.45) is 0. The van der Waals surface area contributed by atoms with E-state index in [1.807, 2.05) is 13.8 Å². The Balaban J connectivity index is 2.38. The number of rotatable bonds is 3. The van der Waals surface area contributed by atoms with Crippen LogP contribution in [-0.4, -0.2) is 10.2 Å². The highest BCUT2D eigenvalue weighted by molar-refractivity contribution is 5.38. The number of nitrogens with zero attached hydrogens (tertiary/aromatic N) is 2. The van der Waals surface area contributed by atoms with Crippen molar-refractivity contribution in [1.82, 2.24) is 10.2 Å². The second-order valence-electron chi connectivity index (χ2n) is 4.08. The minimum absolute atomic E-state index is 0.145. The SMILES string of the molecule is Cc1nnc(Oc2ccc(F)c(F)c2)c(CN)c1C. The minimum Gasteiger partial charge on any atom is -0.437 e. The molecule has 0 aliphatic heterocycles. The number of benzene rings is 1. The van der Waals surface area contributed by atoms with Gasteiger partial charge in [-0.05, 0) is 31.5 Å². The zero-order valence-electron chi connectivity index (χ0n) is 10.6. The van der Waals surface area contributed by atoms with Crippen LogP contribution in [0.15, 0.2) is 18.2 Å². The molecule has 0 aliphatic rings. The van der Waals surface area contributed by atoms with Crippen LogP contribution >= 0.6 is 0 Å². The molecule has 0 aliphatic carbocycles. The molecule has 2 aromatic rings. The van der Waals surface area contributed by atoms with Crippen LogP contribution in [0.2, 0.25) is 0 Å². The number of hydrogen-bond donors (Lipinski definition) is 1. The molecule has 0 saturated carbocycles. The molecule has 1 aromatic carbocycles. The quantitative estimate of drug-likeness (QED) is 0.926. The number of nitrogens with two attached hydrogens (primary N) is 1. The number of hydrogen-bond acceptors (Lipinski definition) is 4. The second-order valence-corrected chi connectivity index (χ2v) is 4.08. The number of ether oxygens (including phenoxy) is 1. The van der Waals surface area contributed by atoms with E-state index in [1.165, 1.54) is 6.07 Å². The minimum atomic E-state index is -0.983. The van der Waals surface area contributed by atoms with Gasteiger partial charge >= 0.3 is 0 Å². The van der Waals surface area contributed by atoms with Crippen LogP contribution in [0.1, 0.15) is 16.8 Å². The van der Waals surface area contributed by atoms with Gasteiger partial charge in [0.15, 0.2) is 11.6 Å². The summed E-state index contributed by atoms with van der Waals surface area (Å²) in [6, 6.07) is 3.25. The van der Waals surface area contributed by atoms with Crippen LogP contribution in [0.5, 0.6) is 11.6 Å². The Hall–Kier alpha value is -2.08. The fourth-order valence-corrected chi connectivity index (χ4v) is 1.61. The molecule has 100 valence electrons. The van der Waals surface area contributed by atoms with Crippen molar-refractivity contribution in [1.29, 1.82) is 0 Å². The zero-order valence-corrected chi connectivity index (χ0v) is 10.6. The van der Waals surface area contributed by atoms with E-state index in [0.29, 0.717) is 5.56 Å². The van der Waals surface area contributed by atoms with Crippen molar-refractivity contribution in [2.24, 2.45) is 5.73 Å². The first-order chi connectivity index (χ1) is 9.02. The third kappa shape index (κ3) is 2.68. The first-order valence-corrected chi connectivity index (χ1v) is 5.68. The van der Waals surface area contributed by atoms with E-state index >= 15 is 0 Å². The van der Waals surface area contributed by atoms with E-state index < -0.39 is 11.6 Å². The Morgan fingerprint density at radius 1 is 1.16 bits per heavy atom.